The van der Waals surface area contributed by atoms with Gasteiger partial charge in [0.15, 0.2) is 0 Å². The van der Waals surface area contributed by atoms with E-state index in [0.29, 0.717) is 19.6 Å². The topological polar surface area (TPSA) is 75.7 Å². The highest BCUT2D eigenvalue weighted by atomic mass is 16.5. The highest BCUT2D eigenvalue weighted by molar-refractivity contribution is 5.13. The van der Waals surface area contributed by atoms with Crippen molar-refractivity contribution >= 4 is 0 Å². The van der Waals surface area contributed by atoms with Crippen LogP contribution < -0.4 is 5.73 Å². The molecule has 1 aromatic rings. The van der Waals surface area contributed by atoms with Crippen molar-refractivity contribution < 1.29 is 14.9 Å². The number of aliphatic hydroxyl groups is 2. The van der Waals surface area contributed by atoms with Crippen LogP contribution in [0.4, 0.5) is 0 Å². The van der Waals surface area contributed by atoms with Crippen molar-refractivity contribution in [3.05, 3.63) is 35.9 Å². The van der Waals surface area contributed by atoms with Gasteiger partial charge < -0.3 is 20.7 Å². The van der Waals surface area contributed by atoms with Crippen molar-refractivity contribution in [2.24, 2.45) is 11.7 Å². The van der Waals surface area contributed by atoms with E-state index in [4.69, 9.17) is 10.5 Å². The summed E-state index contributed by atoms with van der Waals surface area (Å²) in [7, 11) is 0. The van der Waals surface area contributed by atoms with Crippen LogP contribution in [0.15, 0.2) is 30.3 Å². The second-order valence-corrected chi connectivity index (χ2v) is 5.27. The Hall–Kier alpha value is -0.940. The Labute approximate surface area is 107 Å². The van der Waals surface area contributed by atoms with Crippen LogP contribution in [0, 0.1) is 5.92 Å². The summed E-state index contributed by atoms with van der Waals surface area (Å²) in [6, 6.07) is 9.48. The molecule has 0 aliphatic heterocycles. The van der Waals surface area contributed by atoms with Gasteiger partial charge in [0.25, 0.3) is 0 Å². The summed E-state index contributed by atoms with van der Waals surface area (Å²) in [4.78, 5) is 0. The van der Waals surface area contributed by atoms with Crippen LogP contribution in [0.1, 0.15) is 18.9 Å². The zero-order chi connectivity index (χ0) is 13.2. The molecule has 1 fully saturated rings. The van der Waals surface area contributed by atoms with Gasteiger partial charge in [-0.05, 0) is 18.9 Å². The quantitative estimate of drug-likeness (QED) is 0.735. The Morgan fingerprint density at radius 1 is 1.39 bits per heavy atom. The molecule has 0 unspecified atom stereocenters. The predicted octanol–water partition coefficient (Wildman–Crippen LogP) is 0.662. The van der Waals surface area contributed by atoms with Crippen molar-refractivity contribution in [1.29, 1.82) is 0 Å². The maximum atomic E-state index is 9.99. The fraction of sp³-hybridized carbons (Fsp3) is 0.571. The van der Waals surface area contributed by atoms with E-state index in [1.54, 1.807) is 6.92 Å². The summed E-state index contributed by atoms with van der Waals surface area (Å²) in [5.74, 6) is -0.0984. The summed E-state index contributed by atoms with van der Waals surface area (Å²) >= 11 is 0. The van der Waals surface area contributed by atoms with Gasteiger partial charge in [0.1, 0.15) is 5.60 Å². The molecule has 0 spiro atoms. The standard InChI is InChI=1S/C14H21NO3/c1-14(17)12(15)7-11(13(14)16)9-18-8-10-5-3-2-4-6-10/h2-6,11-13,16-17H,7-9,15H2,1H3/t11-,12-,13-,14+/m0/s1. The fourth-order valence-electron chi connectivity index (χ4n) is 2.45. The molecule has 1 saturated carbocycles. The number of aliphatic hydroxyl groups excluding tert-OH is 1. The number of hydrogen-bond donors (Lipinski definition) is 3. The number of rotatable bonds is 4. The lowest BCUT2D eigenvalue weighted by Gasteiger charge is -2.27. The lowest BCUT2D eigenvalue weighted by Crippen LogP contribution is -2.48. The summed E-state index contributed by atoms with van der Waals surface area (Å²) in [6.07, 6.45) is -0.230. The third-order valence-corrected chi connectivity index (χ3v) is 3.80. The first kappa shape index (κ1) is 13.5. The Bertz CT molecular complexity index is 380. The SMILES string of the molecule is C[C@@]1(O)[C@@H](N)C[C@@H](COCc2ccccc2)[C@@H]1O. The van der Waals surface area contributed by atoms with Crippen LogP contribution in [-0.2, 0) is 11.3 Å². The molecule has 0 amide bonds. The molecule has 4 heteroatoms. The third-order valence-electron chi connectivity index (χ3n) is 3.80. The van der Waals surface area contributed by atoms with E-state index in [2.05, 4.69) is 0 Å². The van der Waals surface area contributed by atoms with Gasteiger partial charge in [-0.15, -0.1) is 0 Å². The minimum Gasteiger partial charge on any atom is -0.390 e. The molecule has 0 heterocycles. The van der Waals surface area contributed by atoms with Gasteiger partial charge in [-0.1, -0.05) is 30.3 Å². The van der Waals surface area contributed by atoms with E-state index in [-0.39, 0.29) is 5.92 Å². The lowest BCUT2D eigenvalue weighted by atomic mass is 9.97. The van der Waals surface area contributed by atoms with E-state index >= 15 is 0 Å². The van der Waals surface area contributed by atoms with Gasteiger partial charge in [0, 0.05) is 12.0 Å². The van der Waals surface area contributed by atoms with Crippen LogP contribution in [0.25, 0.3) is 0 Å². The molecule has 4 N–H and O–H groups in total. The van der Waals surface area contributed by atoms with Gasteiger partial charge >= 0.3 is 0 Å². The first-order valence-electron chi connectivity index (χ1n) is 6.29. The van der Waals surface area contributed by atoms with Crippen molar-refractivity contribution in [2.45, 2.75) is 37.7 Å². The van der Waals surface area contributed by atoms with Crippen LogP contribution in [-0.4, -0.2) is 34.6 Å². The molecular weight excluding hydrogens is 230 g/mol. The molecule has 0 radical (unpaired) electrons. The Balaban J connectivity index is 1.82. The van der Waals surface area contributed by atoms with Crippen LogP contribution in [0.5, 0.6) is 0 Å². The van der Waals surface area contributed by atoms with Gasteiger partial charge in [-0.25, -0.2) is 0 Å². The normalized spacial score (nSPS) is 35.9. The third kappa shape index (κ3) is 2.72. The van der Waals surface area contributed by atoms with Crippen molar-refractivity contribution in [1.82, 2.24) is 0 Å². The van der Waals surface area contributed by atoms with Crippen LogP contribution in [0.2, 0.25) is 0 Å². The maximum absolute atomic E-state index is 9.99. The molecule has 4 atom stereocenters. The molecular formula is C14H21NO3. The monoisotopic (exact) mass is 251 g/mol. The average Bonchev–Trinajstić information content (AvgIpc) is 2.55. The van der Waals surface area contributed by atoms with Crippen molar-refractivity contribution in [3.8, 4) is 0 Å². The molecule has 2 rings (SSSR count). The summed E-state index contributed by atoms with van der Waals surface area (Å²) in [5.41, 5.74) is 5.70. The largest absolute Gasteiger partial charge is 0.390 e. The summed E-state index contributed by atoms with van der Waals surface area (Å²) in [5, 5.41) is 20.0. The van der Waals surface area contributed by atoms with Crippen LogP contribution in [0.3, 0.4) is 0 Å². The molecule has 0 bridgehead atoms. The highest BCUT2D eigenvalue weighted by Crippen LogP contribution is 2.34. The lowest BCUT2D eigenvalue weighted by molar-refractivity contribution is -0.0732. The first-order valence-corrected chi connectivity index (χ1v) is 6.29. The molecule has 1 aliphatic carbocycles. The second-order valence-electron chi connectivity index (χ2n) is 5.27. The molecule has 1 aliphatic rings. The molecule has 100 valence electrons. The van der Waals surface area contributed by atoms with Gasteiger partial charge in [-0.3, -0.25) is 0 Å². The zero-order valence-corrected chi connectivity index (χ0v) is 10.6. The molecule has 0 aromatic heterocycles. The fourth-order valence-corrected chi connectivity index (χ4v) is 2.45. The maximum Gasteiger partial charge on any atom is 0.103 e. The smallest absolute Gasteiger partial charge is 0.103 e. The Kier molecular flexibility index (Phi) is 4.02. The molecule has 1 aromatic carbocycles. The molecule has 0 saturated heterocycles. The van der Waals surface area contributed by atoms with Gasteiger partial charge in [0.2, 0.25) is 0 Å². The first-order chi connectivity index (χ1) is 8.51. The minimum atomic E-state index is -1.21. The second kappa shape index (κ2) is 5.36. The highest BCUT2D eigenvalue weighted by Gasteiger charge is 2.48. The van der Waals surface area contributed by atoms with E-state index in [1.165, 1.54) is 0 Å². The Morgan fingerprint density at radius 3 is 2.61 bits per heavy atom. The van der Waals surface area contributed by atoms with E-state index in [1.807, 2.05) is 30.3 Å². The molecule has 18 heavy (non-hydrogen) atoms. The predicted molar refractivity (Wildman–Crippen MR) is 68.8 cm³/mol. The number of hydrogen-bond acceptors (Lipinski definition) is 4. The van der Waals surface area contributed by atoms with Gasteiger partial charge in [-0.2, -0.15) is 0 Å². The molecule has 4 nitrogen and oxygen atoms in total. The summed E-state index contributed by atoms with van der Waals surface area (Å²) in [6.45, 7) is 2.51. The Morgan fingerprint density at radius 2 is 2.06 bits per heavy atom. The zero-order valence-electron chi connectivity index (χ0n) is 10.6. The van der Waals surface area contributed by atoms with Crippen molar-refractivity contribution in [3.63, 3.8) is 0 Å². The van der Waals surface area contributed by atoms with Crippen LogP contribution >= 0.6 is 0 Å². The van der Waals surface area contributed by atoms with Gasteiger partial charge in [0.05, 0.1) is 19.3 Å². The summed E-state index contributed by atoms with van der Waals surface area (Å²) < 4.78 is 5.59. The van der Waals surface area contributed by atoms with E-state index in [0.717, 1.165) is 5.56 Å². The number of ether oxygens (including phenoxy) is 1. The van der Waals surface area contributed by atoms with Crippen molar-refractivity contribution in [2.75, 3.05) is 6.61 Å². The minimum absolute atomic E-state index is 0.0984. The average molecular weight is 251 g/mol. The number of benzene rings is 1. The number of nitrogens with two attached hydrogens (primary N) is 1. The van der Waals surface area contributed by atoms with E-state index < -0.39 is 17.7 Å². The van der Waals surface area contributed by atoms with E-state index in [9.17, 15) is 10.2 Å².